The average Bonchev–Trinajstić information content (AvgIpc) is 2.47. The first-order valence-electron chi connectivity index (χ1n) is 6.02. The fraction of sp³-hybridized carbons (Fsp3) is 0.143. The van der Waals surface area contributed by atoms with Crippen LogP contribution in [0.1, 0.15) is 5.56 Å². The molecular weight excluding hydrogens is 294 g/mol. The minimum absolute atomic E-state index is 0.0518. The molecule has 0 amide bonds. The van der Waals surface area contributed by atoms with Crippen LogP contribution >= 0.6 is 0 Å². The van der Waals surface area contributed by atoms with Crippen LogP contribution < -0.4 is 4.74 Å². The maximum atomic E-state index is 12.3. The van der Waals surface area contributed by atoms with E-state index in [-0.39, 0.29) is 16.3 Å². The molecule has 6 nitrogen and oxygen atoms in total. The van der Waals surface area contributed by atoms with Crippen molar-refractivity contribution < 1.29 is 18.1 Å². The van der Waals surface area contributed by atoms with Gasteiger partial charge in [-0.1, -0.05) is 12.1 Å². The highest BCUT2D eigenvalue weighted by atomic mass is 32.2. The van der Waals surface area contributed by atoms with Crippen molar-refractivity contribution in [3.63, 3.8) is 0 Å². The number of non-ortho nitro benzene ring substituents is 1. The molecule has 0 aliphatic heterocycles. The van der Waals surface area contributed by atoms with Crippen LogP contribution in [0.4, 0.5) is 5.69 Å². The molecule has 0 heterocycles. The van der Waals surface area contributed by atoms with Crippen LogP contribution in [0.3, 0.4) is 0 Å². The predicted octanol–water partition coefficient (Wildman–Crippen LogP) is 2.58. The quantitative estimate of drug-likeness (QED) is 0.626. The number of nitro groups is 1. The summed E-state index contributed by atoms with van der Waals surface area (Å²) in [6, 6.07) is 11.6. The van der Waals surface area contributed by atoms with E-state index < -0.39 is 14.8 Å². The molecule has 2 rings (SSSR count). The Kier molecular flexibility index (Phi) is 4.23. The number of hydrogen-bond donors (Lipinski definition) is 0. The van der Waals surface area contributed by atoms with Crippen molar-refractivity contribution in [3.05, 3.63) is 64.2 Å². The zero-order chi connectivity index (χ0) is 15.5. The Morgan fingerprint density at radius 3 is 2.38 bits per heavy atom. The van der Waals surface area contributed by atoms with Crippen molar-refractivity contribution >= 4 is 15.5 Å². The lowest BCUT2D eigenvalue weighted by Crippen LogP contribution is -2.05. The largest absolute Gasteiger partial charge is 0.497 e. The number of hydrogen-bond acceptors (Lipinski definition) is 5. The highest BCUT2D eigenvalue weighted by molar-refractivity contribution is 7.90. The first-order valence-corrected chi connectivity index (χ1v) is 7.68. The van der Waals surface area contributed by atoms with Gasteiger partial charge in [0.25, 0.3) is 5.69 Å². The van der Waals surface area contributed by atoms with Crippen molar-refractivity contribution in [3.8, 4) is 5.75 Å². The molecule has 0 saturated heterocycles. The molecule has 0 unspecified atom stereocenters. The van der Waals surface area contributed by atoms with Crippen LogP contribution in [0.25, 0.3) is 0 Å². The third kappa shape index (κ3) is 3.57. The summed E-state index contributed by atoms with van der Waals surface area (Å²) in [4.78, 5) is 10.0. The zero-order valence-electron chi connectivity index (χ0n) is 11.2. The van der Waals surface area contributed by atoms with Gasteiger partial charge in [0.05, 0.1) is 22.7 Å². The molecule has 2 aromatic carbocycles. The van der Waals surface area contributed by atoms with Gasteiger partial charge < -0.3 is 4.74 Å². The van der Waals surface area contributed by atoms with Crippen LogP contribution in [0.2, 0.25) is 0 Å². The maximum absolute atomic E-state index is 12.3. The van der Waals surface area contributed by atoms with E-state index in [1.165, 1.54) is 31.4 Å². The summed E-state index contributed by atoms with van der Waals surface area (Å²) in [6.45, 7) is 0. The second-order valence-electron chi connectivity index (χ2n) is 4.36. The van der Waals surface area contributed by atoms with E-state index in [2.05, 4.69) is 0 Å². The van der Waals surface area contributed by atoms with Gasteiger partial charge in [-0.2, -0.15) is 0 Å². The van der Waals surface area contributed by atoms with Gasteiger partial charge in [-0.3, -0.25) is 10.1 Å². The van der Waals surface area contributed by atoms with Crippen molar-refractivity contribution in [2.24, 2.45) is 0 Å². The third-order valence-corrected chi connectivity index (χ3v) is 4.60. The molecule has 0 aliphatic rings. The Bertz CT molecular complexity index is 753. The third-order valence-electron chi connectivity index (χ3n) is 2.90. The van der Waals surface area contributed by atoms with Gasteiger partial charge in [-0.25, -0.2) is 8.42 Å². The van der Waals surface area contributed by atoms with Crippen molar-refractivity contribution in [2.45, 2.75) is 10.6 Å². The lowest BCUT2D eigenvalue weighted by atomic mass is 10.2. The molecule has 0 aromatic heterocycles. The summed E-state index contributed by atoms with van der Waals surface area (Å²) in [5.41, 5.74) is 0.447. The SMILES string of the molecule is COc1cccc(CS(=O)(=O)c2ccc([N+](=O)[O-])cc2)c1. The standard InChI is InChI=1S/C14H13NO5S/c1-20-13-4-2-3-11(9-13)10-21(18,19)14-7-5-12(6-8-14)15(16)17/h2-9H,10H2,1H3. The number of ether oxygens (including phenoxy) is 1. The average molecular weight is 307 g/mol. The number of methoxy groups -OCH3 is 1. The van der Waals surface area contributed by atoms with Crippen LogP contribution in [-0.4, -0.2) is 20.5 Å². The number of sulfone groups is 1. The number of rotatable bonds is 5. The topological polar surface area (TPSA) is 86.5 Å². The van der Waals surface area contributed by atoms with Gasteiger partial charge in [-0.15, -0.1) is 0 Å². The summed E-state index contributed by atoms with van der Waals surface area (Å²) in [5, 5.41) is 10.6. The van der Waals surface area contributed by atoms with E-state index in [4.69, 9.17) is 4.74 Å². The summed E-state index contributed by atoms with van der Waals surface area (Å²) in [7, 11) is -2.06. The summed E-state index contributed by atoms with van der Waals surface area (Å²) >= 11 is 0. The fourth-order valence-electron chi connectivity index (χ4n) is 1.84. The lowest BCUT2D eigenvalue weighted by molar-refractivity contribution is -0.384. The second kappa shape index (κ2) is 5.92. The van der Waals surface area contributed by atoms with E-state index >= 15 is 0 Å². The van der Waals surface area contributed by atoms with Gasteiger partial charge >= 0.3 is 0 Å². The Morgan fingerprint density at radius 1 is 1.14 bits per heavy atom. The molecule has 21 heavy (non-hydrogen) atoms. The highest BCUT2D eigenvalue weighted by Crippen LogP contribution is 2.21. The predicted molar refractivity (Wildman–Crippen MR) is 77.0 cm³/mol. The lowest BCUT2D eigenvalue weighted by Gasteiger charge is -2.06. The van der Waals surface area contributed by atoms with Gasteiger partial charge in [0, 0.05) is 12.1 Å². The van der Waals surface area contributed by atoms with E-state index in [0.717, 1.165) is 0 Å². The van der Waals surface area contributed by atoms with E-state index in [1.54, 1.807) is 24.3 Å². The molecular formula is C14H13NO5S. The van der Waals surface area contributed by atoms with E-state index in [1.807, 2.05) is 0 Å². The molecule has 7 heteroatoms. The minimum atomic E-state index is -3.56. The fourth-order valence-corrected chi connectivity index (χ4v) is 3.18. The van der Waals surface area contributed by atoms with Crippen molar-refractivity contribution in [2.75, 3.05) is 7.11 Å². The Morgan fingerprint density at radius 2 is 1.81 bits per heavy atom. The number of nitro benzene ring substituents is 1. The molecule has 0 fully saturated rings. The van der Waals surface area contributed by atoms with Gasteiger partial charge in [0.2, 0.25) is 0 Å². The Labute approximate surface area is 122 Å². The number of benzene rings is 2. The van der Waals surface area contributed by atoms with Crippen molar-refractivity contribution in [1.82, 2.24) is 0 Å². The molecule has 0 atom stereocenters. The molecule has 0 saturated carbocycles. The molecule has 0 aliphatic carbocycles. The van der Waals surface area contributed by atoms with Gasteiger partial charge in [-0.05, 0) is 29.8 Å². The van der Waals surface area contributed by atoms with Gasteiger partial charge in [0.1, 0.15) is 5.75 Å². The molecule has 0 spiro atoms. The minimum Gasteiger partial charge on any atom is -0.497 e. The second-order valence-corrected chi connectivity index (χ2v) is 6.35. The highest BCUT2D eigenvalue weighted by Gasteiger charge is 2.17. The molecule has 0 N–H and O–H groups in total. The van der Waals surface area contributed by atoms with Crippen LogP contribution in [-0.2, 0) is 15.6 Å². The van der Waals surface area contributed by atoms with Crippen molar-refractivity contribution in [1.29, 1.82) is 0 Å². The first kappa shape index (κ1) is 15.0. The monoisotopic (exact) mass is 307 g/mol. The summed E-state index contributed by atoms with van der Waals surface area (Å²) in [5.74, 6) is 0.383. The summed E-state index contributed by atoms with van der Waals surface area (Å²) in [6.07, 6.45) is 0. The molecule has 0 bridgehead atoms. The molecule has 110 valence electrons. The summed E-state index contributed by atoms with van der Waals surface area (Å²) < 4.78 is 29.6. The Balaban J connectivity index is 2.27. The Hall–Kier alpha value is -2.41. The van der Waals surface area contributed by atoms with Gasteiger partial charge in [0.15, 0.2) is 9.84 Å². The first-order chi connectivity index (χ1) is 9.92. The maximum Gasteiger partial charge on any atom is 0.269 e. The van der Waals surface area contributed by atoms with Crippen LogP contribution in [0.15, 0.2) is 53.4 Å². The van der Waals surface area contributed by atoms with E-state index in [0.29, 0.717) is 11.3 Å². The smallest absolute Gasteiger partial charge is 0.269 e. The van der Waals surface area contributed by atoms with Crippen LogP contribution in [0, 0.1) is 10.1 Å². The number of nitrogens with zero attached hydrogens (tertiary/aromatic N) is 1. The normalized spacial score (nSPS) is 11.1. The molecule has 0 radical (unpaired) electrons. The zero-order valence-corrected chi connectivity index (χ0v) is 12.0. The molecule has 2 aromatic rings. The van der Waals surface area contributed by atoms with E-state index in [9.17, 15) is 18.5 Å². The van der Waals surface area contributed by atoms with Crippen LogP contribution in [0.5, 0.6) is 5.75 Å².